The minimum Gasteiger partial charge on any atom is -0.393 e. The van der Waals surface area contributed by atoms with Crippen molar-refractivity contribution in [3.05, 3.63) is 4.60 Å². The molecular weight excluding hydrogens is 342 g/mol. The van der Waals surface area contributed by atoms with Gasteiger partial charge in [0.1, 0.15) is 0 Å². The molecule has 3 N–H and O–H groups in total. The van der Waals surface area contributed by atoms with Crippen molar-refractivity contribution in [2.75, 3.05) is 6.54 Å². The standard InChI is InChI=1S/C8H14BrN5O2S2/c1-14-8(7(9)12-13-14)18(15,16)11-5-3-2-4-6(10)17/h11H,2-5H2,1H3,(H2,10,17). The number of nitrogens with zero attached hydrogens (tertiary/aromatic N) is 3. The number of unbranched alkanes of at least 4 members (excludes halogenated alkanes) is 1. The fraction of sp³-hybridized carbons (Fsp3) is 0.625. The molecule has 1 rings (SSSR count). The van der Waals surface area contributed by atoms with Crippen LogP contribution in [0, 0.1) is 0 Å². The van der Waals surface area contributed by atoms with Crippen molar-refractivity contribution in [1.82, 2.24) is 19.7 Å². The molecular formula is C8H14BrN5O2S2. The predicted octanol–water partition coefficient (Wildman–Crippen LogP) is 0.312. The zero-order valence-corrected chi connectivity index (χ0v) is 13.0. The Morgan fingerprint density at radius 2 is 2.22 bits per heavy atom. The first-order chi connectivity index (χ1) is 8.34. The van der Waals surface area contributed by atoms with Crippen molar-refractivity contribution in [2.24, 2.45) is 12.8 Å². The SMILES string of the molecule is Cn1nnc(Br)c1S(=O)(=O)NCCCCC(N)=S. The van der Waals surface area contributed by atoms with Gasteiger partial charge < -0.3 is 5.73 Å². The van der Waals surface area contributed by atoms with Gasteiger partial charge in [-0.25, -0.2) is 17.8 Å². The molecule has 7 nitrogen and oxygen atoms in total. The first-order valence-electron chi connectivity index (χ1n) is 5.17. The molecule has 0 radical (unpaired) electrons. The van der Waals surface area contributed by atoms with Crippen molar-refractivity contribution in [2.45, 2.75) is 24.3 Å². The lowest BCUT2D eigenvalue weighted by Crippen LogP contribution is -2.27. The number of sulfonamides is 1. The van der Waals surface area contributed by atoms with E-state index in [-0.39, 0.29) is 9.63 Å². The summed E-state index contributed by atoms with van der Waals surface area (Å²) in [5.41, 5.74) is 5.34. The Bertz CT molecular complexity index is 508. The molecule has 10 heteroatoms. The van der Waals surface area contributed by atoms with Gasteiger partial charge >= 0.3 is 0 Å². The smallest absolute Gasteiger partial charge is 0.260 e. The third-order valence-electron chi connectivity index (χ3n) is 2.13. The second-order valence-corrected chi connectivity index (χ2v) is 6.59. The third kappa shape index (κ3) is 4.26. The van der Waals surface area contributed by atoms with Gasteiger partial charge in [-0.05, 0) is 35.2 Å². The second kappa shape index (κ2) is 6.55. The van der Waals surface area contributed by atoms with E-state index in [0.29, 0.717) is 24.4 Å². The van der Waals surface area contributed by atoms with Crippen LogP contribution in [0.2, 0.25) is 0 Å². The van der Waals surface area contributed by atoms with Gasteiger partial charge in [0.05, 0.1) is 4.99 Å². The maximum absolute atomic E-state index is 11.9. The molecule has 0 saturated heterocycles. The van der Waals surface area contributed by atoms with Crippen molar-refractivity contribution < 1.29 is 8.42 Å². The number of nitrogens with one attached hydrogen (secondary N) is 1. The zero-order valence-electron chi connectivity index (χ0n) is 9.76. The maximum Gasteiger partial charge on any atom is 0.260 e. The van der Waals surface area contributed by atoms with E-state index in [1.54, 1.807) is 0 Å². The van der Waals surface area contributed by atoms with Crippen LogP contribution < -0.4 is 10.5 Å². The van der Waals surface area contributed by atoms with Crippen LogP contribution in [-0.4, -0.2) is 34.9 Å². The largest absolute Gasteiger partial charge is 0.393 e. The lowest BCUT2D eigenvalue weighted by atomic mass is 10.2. The molecule has 0 atom stereocenters. The van der Waals surface area contributed by atoms with Crippen LogP contribution in [0.3, 0.4) is 0 Å². The number of hydrogen-bond donors (Lipinski definition) is 2. The summed E-state index contributed by atoms with van der Waals surface area (Å²) in [5, 5.41) is 7.25. The van der Waals surface area contributed by atoms with E-state index < -0.39 is 10.0 Å². The highest BCUT2D eigenvalue weighted by Crippen LogP contribution is 2.17. The molecule has 0 saturated carbocycles. The average molecular weight is 356 g/mol. The highest BCUT2D eigenvalue weighted by atomic mass is 79.9. The van der Waals surface area contributed by atoms with Crippen LogP contribution in [-0.2, 0) is 17.1 Å². The number of aryl methyl sites for hydroxylation is 1. The van der Waals surface area contributed by atoms with Gasteiger partial charge in [-0.15, -0.1) is 5.10 Å². The Morgan fingerprint density at radius 1 is 1.56 bits per heavy atom. The topological polar surface area (TPSA) is 103 Å². The molecule has 1 heterocycles. The molecule has 18 heavy (non-hydrogen) atoms. The van der Waals surface area contributed by atoms with E-state index in [0.717, 1.165) is 6.42 Å². The summed E-state index contributed by atoms with van der Waals surface area (Å²) in [4.78, 5) is 0.441. The van der Waals surface area contributed by atoms with Crippen molar-refractivity contribution in [1.29, 1.82) is 0 Å². The lowest BCUT2D eigenvalue weighted by molar-refractivity contribution is 0.557. The quantitative estimate of drug-likeness (QED) is 0.539. The number of thiocarbonyl (C=S) groups is 1. The van der Waals surface area contributed by atoms with E-state index in [2.05, 4.69) is 31.0 Å². The van der Waals surface area contributed by atoms with Crippen LogP contribution in [0.4, 0.5) is 0 Å². The van der Waals surface area contributed by atoms with Gasteiger partial charge in [0, 0.05) is 13.6 Å². The van der Waals surface area contributed by atoms with Crippen LogP contribution in [0.1, 0.15) is 19.3 Å². The molecule has 0 aromatic carbocycles. The third-order valence-corrected chi connectivity index (χ3v) is 4.69. The maximum atomic E-state index is 11.9. The Kier molecular flexibility index (Phi) is 5.63. The lowest BCUT2D eigenvalue weighted by Gasteiger charge is -2.06. The summed E-state index contributed by atoms with van der Waals surface area (Å²) < 4.78 is 27.7. The molecule has 1 aromatic rings. The Hall–Kier alpha value is -0.580. The first-order valence-corrected chi connectivity index (χ1v) is 7.86. The molecule has 0 aliphatic carbocycles. The number of rotatable bonds is 7. The molecule has 1 aromatic heterocycles. The first kappa shape index (κ1) is 15.5. The summed E-state index contributed by atoms with van der Waals surface area (Å²) in [5.74, 6) is 0. The summed E-state index contributed by atoms with van der Waals surface area (Å²) in [7, 11) is -2.09. The monoisotopic (exact) mass is 355 g/mol. The van der Waals surface area contributed by atoms with Gasteiger partial charge in [-0.3, -0.25) is 0 Å². The zero-order chi connectivity index (χ0) is 13.8. The summed E-state index contributed by atoms with van der Waals surface area (Å²) in [6.45, 7) is 0.322. The van der Waals surface area contributed by atoms with Crippen LogP contribution in [0.15, 0.2) is 9.63 Å². The molecule has 0 aliphatic heterocycles. The Balaban J connectivity index is 2.54. The van der Waals surface area contributed by atoms with Crippen molar-refractivity contribution >= 4 is 43.2 Å². The normalized spacial score (nSPS) is 11.7. The summed E-state index contributed by atoms with van der Waals surface area (Å²) in [6.07, 6.45) is 2.04. The van der Waals surface area contributed by atoms with Gasteiger partial charge in [-0.1, -0.05) is 17.4 Å². The highest BCUT2D eigenvalue weighted by Gasteiger charge is 2.22. The van der Waals surface area contributed by atoms with E-state index in [9.17, 15) is 8.42 Å². The number of nitrogens with two attached hydrogens (primary N) is 1. The molecule has 102 valence electrons. The van der Waals surface area contributed by atoms with Gasteiger partial charge in [-0.2, -0.15) is 0 Å². The second-order valence-electron chi connectivity index (χ2n) is 3.63. The number of aromatic nitrogens is 3. The van der Waals surface area contributed by atoms with E-state index in [1.807, 2.05) is 0 Å². The van der Waals surface area contributed by atoms with Gasteiger partial charge in [0.2, 0.25) is 5.03 Å². The molecule has 0 unspecified atom stereocenters. The Labute approximate surface area is 119 Å². The predicted molar refractivity (Wildman–Crippen MR) is 74.5 cm³/mol. The van der Waals surface area contributed by atoms with E-state index >= 15 is 0 Å². The molecule has 0 bridgehead atoms. The Morgan fingerprint density at radius 3 is 2.72 bits per heavy atom. The molecule has 0 spiro atoms. The van der Waals surface area contributed by atoms with Gasteiger partial charge in [0.25, 0.3) is 10.0 Å². The fourth-order valence-corrected chi connectivity index (χ4v) is 3.62. The van der Waals surface area contributed by atoms with Crippen LogP contribution >= 0.6 is 28.1 Å². The van der Waals surface area contributed by atoms with Crippen LogP contribution in [0.25, 0.3) is 0 Å². The van der Waals surface area contributed by atoms with E-state index in [1.165, 1.54) is 11.7 Å². The van der Waals surface area contributed by atoms with Gasteiger partial charge in [0.15, 0.2) is 4.60 Å². The fourth-order valence-electron chi connectivity index (χ4n) is 1.31. The van der Waals surface area contributed by atoms with Crippen LogP contribution in [0.5, 0.6) is 0 Å². The molecule has 0 aliphatic rings. The van der Waals surface area contributed by atoms with Crippen molar-refractivity contribution in [3.8, 4) is 0 Å². The van der Waals surface area contributed by atoms with E-state index in [4.69, 9.17) is 18.0 Å². The summed E-state index contributed by atoms with van der Waals surface area (Å²) in [6, 6.07) is 0. The number of halogens is 1. The molecule has 0 amide bonds. The minimum absolute atomic E-state index is 0.0110. The average Bonchev–Trinajstić information content (AvgIpc) is 2.57. The highest BCUT2D eigenvalue weighted by molar-refractivity contribution is 9.10. The summed E-state index contributed by atoms with van der Waals surface area (Å²) >= 11 is 7.78. The van der Waals surface area contributed by atoms with Crippen molar-refractivity contribution in [3.63, 3.8) is 0 Å². The number of hydrogen-bond acceptors (Lipinski definition) is 5. The molecule has 0 fully saturated rings. The minimum atomic E-state index is -3.60.